The monoisotopic (exact) mass is 221 g/mol. The molecule has 0 bridgehead atoms. The van der Waals surface area contributed by atoms with Crippen molar-refractivity contribution in [3.63, 3.8) is 0 Å². The summed E-state index contributed by atoms with van der Waals surface area (Å²) in [6.45, 7) is 5.34. The zero-order chi connectivity index (χ0) is 12.0. The molecule has 0 aliphatic carbocycles. The van der Waals surface area contributed by atoms with Gasteiger partial charge in [0.1, 0.15) is 5.69 Å². The lowest BCUT2D eigenvalue weighted by atomic mass is 10.3. The molecular formula is C12H19N3O. The van der Waals surface area contributed by atoms with E-state index < -0.39 is 0 Å². The van der Waals surface area contributed by atoms with E-state index in [2.05, 4.69) is 5.32 Å². The number of anilines is 1. The molecule has 4 nitrogen and oxygen atoms in total. The minimum Gasteiger partial charge on any atom is -0.397 e. The minimum absolute atomic E-state index is 0.0666. The van der Waals surface area contributed by atoms with Crippen molar-refractivity contribution in [3.8, 4) is 0 Å². The predicted molar refractivity (Wildman–Crippen MR) is 66.3 cm³/mol. The van der Waals surface area contributed by atoms with Gasteiger partial charge in [-0.25, -0.2) is 0 Å². The molecule has 1 aromatic rings. The highest BCUT2D eigenvalue weighted by Crippen LogP contribution is 2.10. The fourth-order valence-corrected chi connectivity index (χ4v) is 1.51. The molecule has 0 aliphatic rings. The van der Waals surface area contributed by atoms with Crippen LogP contribution in [0.25, 0.3) is 0 Å². The van der Waals surface area contributed by atoms with E-state index >= 15 is 0 Å². The van der Waals surface area contributed by atoms with E-state index in [-0.39, 0.29) is 5.91 Å². The Bertz CT molecular complexity index is 380. The molecule has 0 aromatic carbocycles. The number of carbonyl (C=O) groups is 1. The number of carbonyl (C=O) groups excluding carboxylic acids is 1. The first-order valence-corrected chi connectivity index (χ1v) is 5.54. The Balaban J connectivity index is 2.58. The number of hydrogen-bond donors (Lipinski definition) is 2. The topological polar surface area (TPSA) is 60.1 Å². The number of aryl methyl sites for hydroxylation is 1. The highest BCUT2D eigenvalue weighted by atomic mass is 16.1. The van der Waals surface area contributed by atoms with E-state index in [1.807, 2.05) is 30.6 Å². The lowest BCUT2D eigenvalue weighted by Crippen LogP contribution is -2.26. The van der Waals surface area contributed by atoms with Gasteiger partial charge in [-0.1, -0.05) is 12.2 Å². The van der Waals surface area contributed by atoms with Crippen molar-refractivity contribution < 1.29 is 4.79 Å². The van der Waals surface area contributed by atoms with Crippen LogP contribution in [0, 0.1) is 0 Å². The number of aromatic nitrogens is 1. The predicted octanol–water partition coefficient (Wildman–Crippen LogP) is 1.79. The summed E-state index contributed by atoms with van der Waals surface area (Å²) in [4.78, 5) is 11.8. The van der Waals surface area contributed by atoms with Crippen LogP contribution in [-0.2, 0) is 6.54 Å². The Morgan fingerprint density at radius 3 is 3.00 bits per heavy atom. The molecule has 0 spiro atoms. The molecule has 0 unspecified atom stereocenters. The average Bonchev–Trinajstić information content (AvgIpc) is 2.65. The summed E-state index contributed by atoms with van der Waals surface area (Å²) in [5.41, 5.74) is 6.91. The number of amides is 1. The molecule has 0 saturated carbocycles. The zero-order valence-electron chi connectivity index (χ0n) is 9.86. The van der Waals surface area contributed by atoms with Gasteiger partial charge < -0.3 is 15.6 Å². The van der Waals surface area contributed by atoms with Crippen LogP contribution >= 0.6 is 0 Å². The van der Waals surface area contributed by atoms with Gasteiger partial charge in [0.05, 0.1) is 5.69 Å². The van der Waals surface area contributed by atoms with Crippen LogP contribution in [0.15, 0.2) is 24.4 Å². The maximum Gasteiger partial charge on any atom is 0.267 e. The second-order valence-corrected chi connectivity index (χ2v) is 3.56. The molecule has 1 amide bonds. The Morgan fingerprint density at radius 1 is 1.62 bits per heavy atom. The van der Waals surface area contributed by atoms with Crippen LogP contribution in [-0.4, -0.2) is 17.0 Å². The molecular weight excluding hydrogens is 202 g/mol. The number of rotatable bonds is 5. The molecule has 1 aromatic heterocycles. The normalized spacial score (nSPS) is 10.9. The van der Waals surface area contributed by atoms with Crippen LogP contribution in [0.3, 0.4) is 0 Å². The average molecular weight is 221 g/mol. The standard InChI is InChI=1S/C12H19N3O/c1-3-5-6-7-14-12(16)11-8-10(13)9-15(11)4-2/h3,5,8-9H,4,6-7,13H2,1-2H3,(H,14,16)/b5-3+. The van der Waals surface area contributed by atoms with Gasteiger partial charge in [-0.05, 0) is 26.3 Å². The van der Waals surface area contributed by atoms with Gasteiger partial charge in [0.2, 0.25) is 0 Å². The quantitative estimate of drug-likeness (QED) is 0.588. The number of hydrogen-bond acceptors (Lipinski definition) is 2. The first-order chi connectivity index (χ1) is 7.69. The van der Waals surface area contributed by atoms with Gasteiger partial charge in [0, 0.05) is 19.3 Å². The lowest BCUT2D eigenvalue weighted by Gasteiger charge is -2.06. The summed E-state index contributed by atoms with van der Waals surface area (Å²) in [5, 5.41) is 2.86. The molecule has 0 saturated heterocycles. The first kappa shape index (κ1) is 12.4. The summed E-state index contributed by atoms with van der Waals surface area (Å²) in [7, 11) is 0. The van der Waals surface area contributed by atoms with Gasteiger partial charge in [-0.15, -0.1) is 0 Å². The molecule has 4 heteroatoms. The Morgan fingerprint density at radius 2 is 2.38 bits per heavy atom. The molecule has 88 valence electrons. The third-order valence-corrected chi connectivity index (χ3v) is 2.32. The second kappa shape index (κ2) is 6.00. The van der Waals surface area contributed by atoms with Gasteiger partial charge in [-0.2, -0.15) is 0 Å². The van der Waals surface area contributed by atoms with E-state index in [0.717, 1.165) is 13.0 Å². The van der Waals surface area contributed by atoms with Crippen molar-refractivity contribution in [1.29, 1.82) is 0 Å². The van der Waals surface area contributed by atoms with E-state index in [0.29, 0.717) is 17.9 Å². The van der Waals surface area contributed by atoms with Crippen molar-refractivity contribution in [2.24, 2.45) is 0 Å². The van der Waals surface area contributed by atoms with Crippen LogP contribution in [0.4, 0.5) is 5.69 Å². The van der Waals surface area contributed by atoms with Crippen LogP contribution < -0.4 is 11.1 Å². The van der Waals surface area contributed by atoms with Gasteiger partial charge in [0.25, 0.3) is 5.91 Å². The fraction of sp³-hybridized carbons (Fsp3) is 0.417. The number of nitrogens with zero attached hydrogens (tertiary/aromatic N) is 1. The highest BCUT2D eigenvalue weighted by molar-refractivity contribution is 5.93. The van der Waals surface area contributed by atoms with E-state index in [1.165, 1.54) is 0 Å². The van der Waals surface area contributed by atoms with E-state index in [9.17, 15) is 4.79 Å². The summed E-state index contributed by atoms with van der Waals surface area (Å²) in [6, 6.07) is 1.70. The van der Waals surface area contributed by atoms with Gasteiger partial charge in [0.15, 0.2) is 0 Å². The maximum atomic E-state index is 11.8. The van der Waals surface area contributed by atoms with Crippen LogP contribution in [0.1, 0.15) is 30.8 Å². The summed E-state index contributed by atoms with van der Waals surface area (Å²) in [6.07, 6.45) is 6.62. The summed E-state index contributed by atoms with van der Waals surface area (Å²) < 4.78 is 1.85. The molecule has 1 rings (SSSR count). The van der Waals surface area contributed by atoms with Crippen molar-refractivity contribution in [3.05, 3.63) is 30.1 Å². The number of nitrogen functional groups attached to an aromatic ring is 1. The Labute approximate surface area is 96.1 Å². The van der Waals surface area contributed by atoms with Crippen molar-refractivity contribution in [2.75, 3.05) is 12.3 Å². The van der Waals surface area contributed by atoms with E-state index in [4.69, 9.17) is 5.73 Å². The van der Waals surface area contributed by atoms with E-state index in [1.54, 1.807) is 12.3 Å². The third-order valence-electron chi connectivity index (χ3n) is 2.32. The molecule has 0 fully saturated rings. The van der Waals surface area contributed by atoms with Crippen molar-refractivity contribution in [2.45, 2.75) is 26.8 Å². The third kappa shape index (κ3) is 3.15. The van der Waals surface area contributed by atoms with Gasteiger partial charge in [-0.3, -0.25) is 4.79 Å². The maximum absolute atomic E-state index is 11.8. The lowest BCUT2D eigenvalue weighted by molar-refractivity contribution is 0.0945. The van der Waals surface area contributed by atoms with Crippen LogP contribution in [0.5, 0.6) is 0 Å². The second-order valence-electron chi connectivity index (χ2n) is 3.56. The molecule has 16 heavy (non-hydrogen) atoms. The molecule has 0 atom stereocenters. The SMILES string of the molecule is C/C=C/CCNC(=O)c1cc(N)cn1CC. The summed E-state index contributed by atoms with van der Waals surface area (Å²) >= 11 is 0. The minimum atomic E-state index is -0.0666. The fourth-order valence-electron chi connectivity index (χ4n) is 1.51. The highest BCUT2D eigenvalue weighted by Gasteiger charge is 2.10. The largest absolute Gasteiger partial charge is 0.397 e. The number of nitrogens with two attached hydrogens (primary N) is 1. The molecule has 0 radical (unpaired) electrons. The molecule has 1 heterocycles. The number of nitrogens with one attached hydrogen (secondary N) is 1. The molecule has 0 aliphatic heterocycles. The van der Waals surface area contributed by atoms with Crippen LogP contribution in [0.2, 0.25) is 0 Å². The summed E-state index contributed by atoms with van der Waals surface area (Å²) in [5.74, 6) is -0.0666. The first-order valence-electron chi connectivity index (χ1n) is 5.54. The number of allylic oxidation sites excluding steroid dienone is 1. The van der Waals surface area contributed by atoms with Crippen molar-refractivity contribution >= 4 is 11.6 Å². The Kier molecular flexibility index (Phi) is 4.64. The van der Waals surface area contributed by atoms with Crippen molar-refractivity contribution in [1.82, 2.24) is 9.88 Å². The molecule has 3 N–H and O–H groups in total. The zero-order valence-corrected chi connectivity index (χ0v) is 9.86. The smallest absolute Gasteiger partial charge is 0.267 e. The Hall–Kier alpha value is -1.71. The van der Waals surface area contributed by atoms with Gasteiger partial charge >= 0.3 is 0 Å².